The molecular formula is C12H12N2O3. The average molecular weight is 232 g/mol. The van der Waals surface area contributed by atoms with Crippen LogP contribution in [0.15, 0.2) is 30.9 Å². The third-order valence-corrected chi connectivity index (χ3v) is 2.79. The Morgan fingerprint density at radius 3 is 2.88 bits per heavy atom. The minimum absolute atomic E-state index is 0.0336. The molecular weight excluding hydrogens is 220 g/mol. The Labute approximate surface area is 98.5 Å². The summed E-state index contributed by atoms with van der Waals surface area (Å²) in [5.74, 6) is 0.0336. The van der Waals surface area contributed by atoms with Gasteiger partial charge in [-0.3, -0.25) is 14.9 Å². The van der Waals surface area contributed by atoms with Crippen molar-refractivity contribution in [3.8, 4) is 0 Å². The highest BCUT2D eigenvalue weighted by Crippen LogP contribution is 2.30. The van der Waals surface area contributed by atoms with Crippen LogP contribution < -0.4 is 4.90 Å². The van der Waals surface area contributed by atoms with E-state index in [1.807, 2.05) is 0 Å². The van der Waals surface area contributed by atoms with Crippen molar-refractivity contribution in [2.75, 3.05) is 11.4 Å². The van der Waals surface area contributed by atoms with Crippen LogP contribution in [0.1, 0.15) is 12.0 Å². The molecule has 88 valence electrons. The Kier molecular flexibility index (Phi) is 2.91. The second-order valence-corrected chi connectivity index (χ2v) is 3.86. The van der Waals surface area contributed by atoms with E-state index in [4.69, 9.17) is 0 Å². The number of anilines is 1. The van der Waals surface area contributed by atoms with Crippen LogP contribution in [0.3, 0.4) is 0 Å². The number of hydrogen-bond donors (Lipinski definition) is 0. The molecule has 17 heavy (non-hydrogen) atoms. The molecule has 0 unspecified atom stereocenters. The van der Waals surface area contributed by atoms with Crippen LogP contribution in [0.25, 0.3) is 0 Å². The van der Waals surface area contributed by atoms with Crippen LogP contribution in [0, 0.1) is 10.1 Å². The summed E-state index contributed by atoms with van der Waals surface area (Å²) >= 11 is 0. The maximum absolute atomic E-state index is 11.7. The second-order valence-electron chi connectivity index (χ2n) is 3.86. The number of aryl methyl sites for hydroxylation is 1. The molecule has 1 aromatic carbocycles. The zero-order valence-electron chi connectivity index (χ0n) is 9.26. The summed E-state index contributed by atoms with van der Waals surface area (Å²) < 4.78 is 0. The predicted molar refractivity (Wildman–Crippen MR) is 64.0 cm³/mol. The van der Waals surface area contributed by atoms with Crippen LogP contribution >= 0.6 is 0 Å². The molecule has 0 atom stereocenters. The molecule has 0 saturated carbocycles. The van der Waals surface area contributed by atoms with Gasteiger partial charge >= 0.3 is 0 Å². The third kappa shape index (κ3) is 2.04. The van der Waals surface area contributed by atoms with Gasteiger partial charge < -0.3 is 4.90 Å². The van der Waals surface area contributed by atoms with Crippen LogP contribution in [0.5, 0.6) is 0 Å². The highest BCUT2D eigenvalue weighted by Gasteiger charge is 2.24. The van der Waals surface area contributed by atoms with Crippen molar-refractivity contribution < 1.29 is 9.72 Å². The van der Waals surface area contributed by atoms with Gasteiger partial charge in [-0.2, -0.15) is 0 Å². The van der Waals surface area contributed by atoms with Crippen LogP contribution in [0.2, 0.25) is 0 Å². The maximum Gasteiger partial charge on any atom is 0.269 e. The van der Waals surface area contributed by atoms with Crippen molar-refractivity contribution in [2.24, 2.45) is 0 Å². The van der Waals surface area contributed by atoms with Crippen molar-refractivity contribution in [1.29, 1.82) is 0 Å². The van der Waals surface area contributed by atoms with Gasteiger partial charge in [-0.05, 0) is 18.1 Å². The summed E-state index contributed by atoms with van der Waals surface area (Å²) in [7, 11) is 0. The Bertz CT molecular complexity index is 497. The lowest BCUT2D eigenvalue weighted by Crippen LogP contribution is -2.35. The van der Waals surface area contributed by atoms with Gasteiger partial charge in [0, 0.05) is 30.8 Å². The molecule has 0 aliphatic carbocycles. The fourth-order valence-corrected chi connectivity index (χ4v) is 1.99. The fourth-order valence-electron chi connectivity index (χ4n) is 1.99. The van der Waals surface area contributed by atoms with E-state index in [1.54, 1.807) is 17.0 Å². The van der Waals surface area contributed by atoms with E-state index in [-0.39, 0.29) is 11.6 Å². The molecule has 1 amide bonds. The lowest BCUT2D eigenvalue weighted by molar-refractivity contribution is -0.384. The van der Waals surface area contributed by atoms with E-state index in [0.29, 0.717) is 19.4 Å². The van der Waals surface area contributed by atoms with Gasteiger partial charge in [0.15, 0.2) is 0 Å². The lowest BCUT2D eigenvalue weighted by Gasteiger charge is -2.28. The number of fused-ring (bicyclic) bond motifs is 1. The van der Waals surface area contributed by atoms with Crippen molar-refractivity contribution >= 4 is 17.3 Å². The first-order chi connectivity index (χ1) is 8.13. The molecule has 1 heterocycles. The minimum Gasteiger partial charge on any atom is -0.308 e. The molecule has 0 radical (unpaired) electrons. The smallest absolute Gasteiger partial charge is 0.269 e. The Morgan fingerprint density at radius 2 is 2.24 bits per heavy atom. The van der Waals surface area contributed by atoms with Crippen molar-refractivity contribution in [2.45, 2.75) is 12.8 Å². The van der Waals surface area contributed by atoms with Crippen molar-refractivity contribution in [1.82, 2.24) is 0 Å². The first-order valence-electron chi connectivity index (χ1n) is 5.32. The van der Waals surface area contributed by atoms with Gasteiger partial charge in [-0.25, -0.2) is 0 Å². The summed E-state index contributed by atoms with van der Waals surface area (Å²) in [4.78, 5) is 23.6. The summed E-state index contributed by atoms with van der Waals surface area (Å²) in [5, 5.41) is 10.7. The van der Waals surface area contributed by atoms with Gasteiger partial charge in [0.05, 0.1) is 4.92 Å². The Morgan fingerprint density at radius 1 is 1.47 bits per heavy atom. The van der Waals surface area contributed by atoms with E-state index in [2.05, 4.69) is 6.58 Å². The fraction of sp³-hybridized carbons (Fsp3) is 0.250. The molecule has 2 rings (SSSR count). The Balaban J connectivity index is 2.43. The van der Waals surface area contributed by atoms with Crippen molar-refractivity contribution in [3.05, 3.63) is 46.5 Å². The molecule has 5 nitrogen and oxygen atoms in total. The molecule has 0 saturated heterocycles. The number of nitro groups is 1. The third-order valence-electron chi connectivity index (χ3n) is 2.79. The number of carbonyl (C=O) groups excluding carboxylic acids is 1. The molecule has 0 aromatic heterocycles. The highest BCUT2D eigenvalue weighted by atomic mass is 16.6. The number of hydrogen-bond acceptors (Lipinski definition) is 3. The number of rotatable bonds is 3. The molecule has 1 aliphatic heterocycles. The SMILES string of the molecule is C=CCN1C(=O)CCc2cc([N+](=O)[O-])ccc21. The molecule has 0 bridgehead atoms. The molecule has 0 fully saturated rings. The normalized spacial score (nSPS) is 14.4. The average Bonchev–Trinajstić information content (AvgIpc) is 2.32. The largest absolute Gasteiger partial charge is 0.308 e. The van der Waals surface area contributed by atoms with E-state index in [1.165, 1.54) is 12.1 Å². The van der Waals surface area contributed by atoms with E-state index in [0.717, 1.165) is 11.3 Å². The monoisotopic (exact) mass is 232 g/mol. The van der Waals surface area contributed by atoms with Gasteiger partial charge in [0.1, 0.15) is 0 Å². The Hall–Kier alpha value is -2.17. The minimum atomic E-state index is -0.422. The topological polar surface area (TPSA) is 63.5 Å². The standard InChI is InChI=1S/C12H12N2O3/c1-2-7-13-11-5-4-10(14(16)17)8-9(11)3-6-12(13)15/h2,4-5,8H,1,3,6-7H2. The molecule has 1 aromatic rings. The number of nitrogens with zero attached hydrogens (tertiary/aromatic N) is 2. The number of amides is 1. The van der Waals surface area contributed by atoms with Crippen LogP contribution in [-0.2, 0) is 11.2 Å². The zero-order valence-corrected chi connectivity index (χ0v) is 9.26. The molecule has 1 aliphatic rings. The molecule has 5 heteroatoms. The quantitative estimate of drug-likeness (QED) is 0.455. The number of non-ortho nitro benzene ring substituents is 1. The zero-order chi connectivity index (χ0) is 12.4. The summed E-state index contributed by atoms with van der Waals surface area (Å²) in [6.45, 7) is 4.04. The lowest BCUT2D eigenvalue weighted by atomic mass is 10.0. The molecule has 0 spiro atoms. The van der Waals surface area contributed by atoms with Gasteiger partial charge in [0.2, 0.25) is 5.91 Å². The molecule has 0 N–H and O–H groups in total. The predicted octanol–water partition coefficient (Wildman–Crippen LogP) is 2.06. The highest BCUT2D eigenvalue weighted by molar-refractivity contribution is 5.96. The maximum atomic E-state index is 11.7. The van der Waals surface area contributed by atoms with Gasteiger partial charge in [-0.15, -0.1) is 6.58 Å². The van der Waals surface area contributed by atoms with E-state index >= 15 is 0 Å². The van der Waals surface area contributed by atoms with E-state index < -0.39 is 4.92 Å². The van der Waals surface area contributed by atoms with Gasteiger partial charge in [0.25, 0.3) is 5.69 Å². The van der Waals surface area contributed by atoms with Crippen LogP contribution in [-0.4, -0.2) is 17.4 Å². The van der Waals surface area contributed by atoms with Crippen LogP contribution in [0.4, 0.5) is 11.4 Å². The second kappa shape index (κ2) is 4.37. The van der Waals surface area contributed by atoms with Crippen molar-refractivity contribution in [3.63, 3.8) is 0 Å². The first-order valence-corrected chi connectivity index (χ1v) is 5.32. The number of benzene rings is 1. The van der Waals surface area contributed by atoms with E-state index in [9.17, 15) is 14.9 Å². The summed E-state index contributed by atoms with van der Waals surface area (Å²) in [6.07, 6.45) is 2.60. The number of carbonyl (C=O) groups is 1. The summed E-state index contributed by atoms with van der Waals surface area (Å²) in [5.41, 5.74) is 1.67. The first kappa shape index (κ1) is 11.3. The van der Waals surface area contributed by atoms with Gasteiger partial charge in [-0.1, -0.05) is 6.08 Å². The number of nitro benzene ring substituents is 1. The summed E-state index contributed by atoms with van der Waals surface area (Å²) in [6, 6.07) is 4.60.